The third-order valence-electron chi connectivity index (χ3n) is 5.97. The number of piperidine rings is 1. The van der Waals surface area contributed by atoms with Gasteiger partial charge in [-0.2, -0.15) is 4.98 Å². The van der Waals surface area contributed by atoms with Gasteiger partial charge in [-0.3, -0.25) is 23.3 Å². The lowest BCUT2D eigenvalue weighted by Gasteiger charge is -2.30. The first-order valence-corrected chi connectivity index (χ1v) is 10.5. The van der Waals surface area contributed by atoms with E-state index < -0.39 is 17.3 Å². The third kappa shape index (κ3) is 3.16. The minimum Gasteiger partial charge on any atom is -0.342 e. The van der Waals surface area contributed by atoms with E-state index in [1.165, 1.54) is 11.6 Å². The maximum Gasteiger partial charge on any atom is 0.332 e. The molecule has 0 saturated carbocycles. The van der Waals surface area contributed by atoms with Gasteiger partial charge in [-0.25, -0.2) is 4.79 Å². The number of carbonyl (C=O) groups excluding carboxylic acids is 1. The molecule has 1 fully saturated rings. The van der Waals surface area contributed by atoms with Gasteiger partial charge in [0.1, 0.15) is 6.04 Å². The molecule has 0 N–H and O–H groups in total. The molecule has 0 bridgehead atoms. The maximum absolute atomic E-state index is 13.5. The number of rotatable bonds is 5. The summed E-state index contributed by atoms with van der Waals surface area (Å²) in [7, 11) is 3.07. The fraction of sp³-hybridized carbons (Fsp3) is 0.455. The third-order valence-corrected chi connectivity index (χ3v) is 5.97. The van der Waals surface area contributed by atoms with Gasteiger partial charge in [0.25, 0.3) is 5.56 Å². The van der Waals surface area contributed by atoms with Gasteiger partial charge in [-0.05, 0) is 25.7 Å². The Balaban J connectivity index is 2.01. The number of imidazole rings is 1. The zero-order valence-electron chi connectivity index (χ0n) is 17.7. The fourth-order valence-corrected chi connectivity index (χ4v) is 4.30. The first-order valence-electron chi connectivity index (χ1n) is 10.5. The molecule has 1 unspecified atom stereocenters. The quantitative estimate of drug-likeness (QED) is 0.604. The van der Waals surface area contributed by atoms with Crippen LogP contribution in [-0.2, 0) is 14.1 Å². The van der Waals surface area contributed by atoms with Crippen molar-refractivity contribution in [1.82, 2.24) is 18.7 Å². The van der Waals surface area contributed by atoms with Crippen LogP contribution in [0.3, 0.4) is 0 Å². The number of hydrogen-bond donors (Lipinski definition) is 0. The smallest absolute Gasteiger partial charge is 0.332 e. The minimum absolute atomic E-state index is 0.0634. The molecule has 8 heteroatoms. The van der Waals surface area contributed by atoms with Gasteiger partial charge in [0.2, 0.25) is 5.95 Å². The van der Waals surface area contributed by atoms with Crippen molar-refractivity contribution in [1.29, 1.82) is 0 Å². The van der Waals surface area contributed by atoms with Crippen LogP contribution in [0, 0.1) is 0 Å². The number of anilines is 1. The molecule has 30 heavy (non-hydrogen) atoms. The number of hydrogen-bond acceptors (Lipinski definition) is 5. The highest BCUT2D eigenvalue weighted by Crippen LogP contribution is 2.30. The van der Waals surface area contributed by atoms with E-state index in [1.807, 2.05) is 25.1 Å². The van der Waals surface area contributed by atoms with Gasteiger partial charge in [-0.1, -0.05) is 37.3 Å². The number of fused-ring (bicyclic) bond motifs is 1. The molecule has 3 heterocycles. The van der Waals surface area contributed by atoms with Crippen molar-refractivity contribution in [2.24, 2.45) is 14.1 Å². The number of aryl methyl sites for hydroxylation is 1. The van der Waals surface area contributed by atoms with Crippen molar-refractivity contribution in [3.05, 3.63) is 56.7 Å². The lowest BCUT2D eigenvalue weighted by Crippen LogP contribution is -2.38. The second-order valence-corrected chi connectivity index (χ2v) is 7.86. The highest BCUT2D eigenvalue weighted by Gasteiger charge is 2.31. The summed E-state index contributed by atoms with van der Waals surface area (Å²) in [5, 5.41) is 0. The first kappa shape index (κ1) is 20.1. The Morgan fingerprint density at radius 3 is 2.33 bits per heavy atom. The lowest BCUT2D eigenvalue weighted by molar-refractivity contribution is 0.0925. The van der Waals surface area contributed by atoms with E-state index in [4.69, 9.17) is 4.98 Å². The molecule has 0 amide bonds. The van der Waals surface area contributed by atoms with E-state index >= 15 is 0 Å². The second kappa shape index (κ2) is 7.93. The maximum atomic E-state index is 13.5. The SMILES string of the molecule is CCC(C(=O)c1ccccc1)n1c(N2CCCCC2)nc2c1c(=O)n(C)c(=O)n2C. The number of benzene rings is 1. The van der Waals surface area contributed by atoms with Crippen molar-refractivity contribution in [2.45, 2.75) is 38.6 Å². The summed E-state index contributed by atoms with van der Waals surface area (Å²) in [4.78, 5) is 46.0. The van der Waals surface area contributed by atoms with Crippen LogP contribution in [0.5, 0.6) is 0 Å². The molecule has 1 saturated heterocycles. The summed E-state index contributed by atoms with van der Waals surface area (Å²) >= 11 is 0. The van der Waals surface area contributed by atoms with Crippen LogP contribution >= 0.6 is 0 Å². The van der Waals surface area contributed by atoms with E-state index in [9.17, 15) is 14.4 Å². The van der Waals surface area contributed by atoms with Crippen molar-refractivity contribution in [3.8, 4) is 0 Å². The normalized spacial score (nSPS) is 15.5. The Kier molecular flexibility index (Phi) is 5.32. The van der Waals surface area contributed by atoms with E-state index in [2.05, 4.69) is 4.90 Å². The van der Waals surface area contributed by atoms with Crippen LogP contribution < -0.4 is 16.1 Å². The van der Waals surface area contributed by atoms with Crippen LogP contribution in [0.15, 0.2) is 39.9 Å². The molecule has 8 nitrogen and oxygen atoms in total. The summed E-state index contributed by atoms with van der Waals surface area (Å²) in [5.74, 6) is 0.533. The predicted octanol–water partition coefficient (Wildman–Crippen LogP) is 2.26. The average Bonchev–Trinajstić information content (AvgIpc) is 3.18. The number of carbonyl (C=O) groups is 1. The number of aromatic nitrogens is 4. The van der Waals surface area contributed by atoms with E-state index in [1.54, 1.807) is 23.7 Å². The minimum atomic E-state index is -0.584. The average molecular weight is 409 g/mol. The summed E-state index contributed by atoms with van der Waals surface area (Å²) in [6.45, 7) is 3.56. The van der Waals surface area contributed by atoms with Crippen LogP contribution in [0.1, 0.15) is 49.0 Å². The van der Waals surface area contributed by atoms with Crippen LogP contribution in [-0.4, -0.2) is 37.6 Å². The zero-order valence-corrected chi connectivity index (χ0v) is 17.7. The number of nitrogens with zero attached hydrogens (tertiary/aromatic N) is 5. The Bertz CT molecular complexity index is 1200. The second-order valence-electron chi connectivity index (χ2n) is 7.86. The molecule has 1 atom stereocenters. The van der Waals surface area contributed by atoms with Crippen molar-refractivity contribution in [2.75, 3.05) is 18.0 Å². The summed E-state index contributed by atoms with van der Waals surface area (Å²) in [6.07, 6.45) is 3.72. The van der Waals surface area contributed by atoms with E-state index in [-0.39, 0.29) is 5.78 Å². The summed E-state index contributed by atoms with van der Waals surface area (Å²) < 4.78 is 4.25. The Labute approximate surface area is 174 Å². The van der Waals surface area contributed by atoms with Gasteiger partial charge in [0, 0.05) is 32.7 Å². The fourth-order valence-electron chi connectivity index (χ4n) is 4.30. The van der Waals surface area contributed by atoms with Crippen molar-refractivity contribution < 1.29 is 4.79 Å². The molecule has 4 rings (SSSR count). The standard InChI is InChI=1S/C22H27N5O3/c1-4-16(18(28)15-11-7-5-8-12-15)27-17-19(24(2)22(30)25(3)20(17)29)23-21(27)26-13-9-6-10-14-26/h5,7-8,11-12,16H,4,6,9-10,13-14H2,1-3H3. The molecule has 3 aromatic rings. The molecule has 1 aliphatic rings. The van der Waals surface area contributed by atoms with Crippen LogP contribution in [0.4, 0.5) is 5.95 Å². The topological polar surface area (TPSA) is 82.1 Å². The largest absolute Gasteiger partial charge is 0.342 e. The summed E-state index contributed by atoms with van der Waals surface area (Å²) in [5.41, 5.74) is 0.365. The highest BCUT2D eigenvalue weighted by molar-refractivity contribution is 6.00. The monoisotopic (exact) mass is 409 g/mol. The Morgan fingerprint density at radius 1 is 1.03 bits per heavy atom. The van der Waals surface area contributed by atoms with E-state index in [0.717, 1.165) is 36.9 Å². The Morgan fingerprint density at radius 2 is 1.70 bits per heavy atom. The van der Waals surface area contributed by atoms with Gasteiger partial charge in [0.15, 0.2) is 16.9 Å². The van der Waals surface area contributed by atoms with Crippen molar-refractivity contribution in [3.63, 3.8) is 0 Å². The molecule has 158 valence electrons. The summed E-state index contributed by atoms with van der Waals surface area (Å²) in [6, 6.07) is 8.53. The first-order chi connectivity index (χ1) is 14.5. The molecule has 0 aliphatic carbocycles. The molecule has 0 radical (unpaired) electrons. The molecule has 1 aromatic carbocycles. The van der Waals surface area contributed by atoms with Gasteiger partial charge < -0.3 is 4.90 Å². The van der Waals surface area contributed by atoms with Gasteiger partial charge >= 0.3 is 5.69 Å². The molecule has 1 aliphatic heterocycles. The van der Waals surface area contributed by atoms with Crippen LogP contribution in [0.25, 0.3) is 11.2 Å². The Hall–Kier alpha value is -3.16. The van der Waals surface area contributed by atoms with E-state index in [0.29, 0.717) is 29.1 Å². The van der Waals surface area contributed by atoms with Crippen molar-refractivity contribution >= 4 is 22.9 Å². The van der Waals surface area contributed by atoms with Gasteiger partial charge in [-0.15, -0.1) is 0 Å². The predicted molar refractivity (Wildman–Crippen MR) is 116 cm³/mol. The lowest BCUT2D eigenvalue weighted by atomic mass is 10.0. The zero-order chi connectivity index (χ0) is 21.4. The molecule has 2 aromatic heterocycles. The molecule has 0 spiro atoms. The number of Topliss-reactive ketones (excluding diaryl/α,β-unsaturated/α-hetero) is 1. The molecular weight excluding hydrogens is 382 g/mol. The van der Waals surface area contributed by atoms with Gasteiger partial charge in [0.05, 0.1) is 0 Å². The molecular formula is C22H27N5O3. The van der Waals surface area contributed by atoms with Crippen LogP contribution in [0.2, 0.25) is 0 Å². The number of ketones is 1. The highest BCUT2D eigenvalue weighted by atomic mass is 16.2.